The van der Waals surface area contributed by atoms with Gasteiger partial charge < -0.3 is 16.0 Å². The van der Waals surface area contributed by atoms with Crippen molar-refractivity contribution in [3.05, 3.63) is 55.7 Å². The molecular formula is C23H32ClN5O4. The predicted molar refractivity (Wildman–Crippen MR) is 131 cm³/mol. The van der Waals surface area contributed by atoms with E-state index in [-0.39, 0.29) is 30.4 Å². The van der Waals surface area contributed by atoms with Crippen LogP contribution in [-0.2, 0) is 16.1 Å². The van der Waals surface area contributed by atoms with Gasteiger partial charge in [0, 0.05) is 25.0 Å². The van der Waals surface area contributed by atoms with E-state index in [2.05, 4.69) is 10.3 Å². The van der Waals surface area contributed by atoms with Crippen LogP contribution in [0.3, 0.4) is 0 Å². The van der Waals surface area contributed by atoms with Gasteiger partial charge in [-0.1, -0.05) is 50.4 Å². The lowest BCUT2D eigenvalue weighted by Gasteiger charge is -2.27. The van der Waals surface area contributed by atoms with Gasteiger partial charge in [0.1, 0.15) is 5.82 Å². The van der Waals surface area contributed by atoms with Crippen LogP contribution in [-0.4, -0.2) is 27.9 Å². The molecule has 9 nitrogen and oxygen atoms in total. The zero-order valence-corrected chi connectivity index (χ0v) is 20.1. The van der Waals surface area contributed by atoms with E-state index in [4.69, 9.17) is 17.3 Å². The van der Waals surface area contributed by atoms with Crippen LogP contribution in [0.1, 0.15) is 64.5 Å². The van der Waals surface area contributed by atoms with Crippen molar-refractivity contribution in [3.63, 3.8) is 0 Å². The molecule has 2 rings (SSSR count). The molecule has 1 aromatic heterocycles. The van der Waals surface area contributed by atoms with Crippen LogP contribution in [0.4, 0.5) is 11.5 Å². The highest BCUT2D eigenvalue weighted by Crippen LogP contribution is 2.24. The van der Waals surface area contributed by atoms with E-state index in [1.807, 2.05) is 13.8 Å². The van der Waals surface area contributed by atoms with Crippen LogP contribution in [0.15, 0.2) is 33.9 Å². The number of rotatable bonds is 11. The summed E-state index contributed by atoms with van der Waals surface area (Å²) < 4.78 is 1.29. The summed E-state index contributed by atoms with van der Waals surface area (Å²) in [5.41, 5.74) is 5.59. The molecule has 1 heterocycles. The molecule has 0 aliphatic carbocycles. The molecule has 180 valence electrons. The van der Waals surface area contributed by atoms with Crippen molar-refractivity contribution in [1.29, 1.82) is 0 Å². The Morgan fingerprint density at radius 2 is 1.79 bits per heavy atom. The molecule has 2 amide bonds. The first kappa shape index (κ1) is 26.2. The number of nitrogens with one attached hydrogen (secondary N) is 2. The normalized spacial score (nSPS) is 11.8. The molecule has 0 spiro atoms. The maximum Gasteiger partial charge on any atom is 0.330 e. The van der Waals surface area contributed by atoms with Gasteiger partial charge in [0.25, 0.3) is 5.56 Å². The fourth-order valence-electron chi connectivity index (χ4n) is 3.53. The van der Waals surface area contributed by atoms with Gasteiger partial charge in [-0.3, -0.25) is 23.9 Å². The van der Waals surface area contributed by atoms with Crippen LogP contribution in [0.25, 0.3) is 0 Å². The van der Waals surface area contributed by atoms with Gasteiger partial charge in [-0.2, -0.15) is 0 Å². The highest BCUT2D eigenvalue weighted by Gasteiger charge is 2.27. The molecular weight excluding hydrogens is 446 g/mol. The van der Waals surface area contributed by atoms with E-state index in [9.17, 15) is 19.2 Å². The first-order valence-corrected chi connectivity index (χ1v) is 11.5. The average molecular weight is 478 g/mol. The molecule has 0 bridgehead atoms. The van der Waals surface area contributed by atoms with E-state index in [0.717, 1.165) is 12.8 Å². The van der Waals surface area contributed by atoms with Gasteiger partial charge in [-0.15, -0.1) is 0 Å². The summed E-state index contributed by atoms with van der Waals surface area (Å²) in [5, 5.41) is 3.32. The molecule has 0 aliphatic rings. The van der Waals surface area contributed by atoms with E-state index in [1.165, 1.54) is 16.4 Å². The lowest BCUT2D eigenvalue weighted by atomic mass is 10.0. The number of hydrogen-bond donors (Lipinski definition) is 3. The minimum absolute atomic E-state index is 0.0378. The maximum absolute atomic E-state index is 13.4. The molecule has 2 aromatic rings. The second-order valence-electron chi connectivity index (χ2n) is 7.91. The molecule has 0 aliphatic heterocycles. The molecule has 0 saturated heterocycles. The fraction of sp³-hybridized carbons (Fsp3) is 0.478. The third-order valence-corrected chi connectivity index (χ3v) is 5.54. The van der Waals surface area contributed by atoms with Crippen LogP contribution < -0.4 is 27.2 Å². The van der Waals surface area contributed by atoms with Gasteiger partial charge in [-0.25, -0.2) is 4.79 Å². The molecule has 1 aromatic carbocycles. The zero-order chi connectivity index (χ0) is 24.5. The van der Waals surface area contributed by atoms with Gasteiger partial charge in [-0.05, 0) is 30.5 Å². The Bertz CT molecular complexity index is 1080. The number of nitrogens with zero attached hydrogens (tertiary/aromatic N) is 2. The van der Waals surface area contributed by atoms with Gasteiger partial charge in [0.15, 0.2) is 5.69 Å². The molecule has 0 fully saturated rings. The number of anilines is 2. The second-order valence-corrected chi connectivity index (χ2v) is 8.34. The number of H-pyrrole nitrogens is 1. The smallest absolute Gasteiger partial charge is 0.330 e. The molecule has 33 heavy (non-hydrogen) atoms. The number of halogens is 1. The van der Waals surface area contributed by atoms with E-state index < -0.39 is 23.2 Å². The third kappa shape index (κ3) is 6.95. The number of carbonyl (C=O) groups excluding carboxylic acids is 2. The van der Waals surface area contributed by atoms with Crippen molar-refractivity contribution in [2.45, 2.75) is 65.5 Å². The Kier molecular flexibility index (Phi) is 9.72. The van der Waals surface area contributed by atoms with Crippen molar-refractivity contribution in [1.82, 2.24) is 14.9 Å². The number of aromatic amines is 1. The van der Waals surface area contributed by atoms with Crippen molar-refractivity contribution in [2.75, 3.05) is 17.2 Å². The summed E-state index contributed by atoms with van der Waals surface area (Å²) >= 11 is 5.97. The highest BCUT2D eigenvalue weighted by atomic mass is 35.5. The van der Waals surface area contributed by atoms with Gasteiger partial charge in [0.05, 0.1) is 12.5 Å². The van der Waals surface area contributed by atoms with E-state index in [1.54, 1.807) is 24.3 Å². The molecule has 1 unspecified atom stereocenters. The Morgan fingerprint density at radius 3 is 2.36 bits per heavy atom. The summed E-state index contributed by atoms with van der Waals surface area (Å²) in [6.07, 6.45) is 2.84. The first-order valence-electron chi connectivity index (χ1n) is 11.1. The highest BCUT2D eigenvalue weighted by molar-refractivity contribution is 6.30. The summed E-state index contributed by atoms with van der Waals surface area (Å²) in [5.74, 6) is -0.729. The number of hydrogen-bond acceptors (Lipinski definition) is 5. The van der Waals surface area contributed by atoms with Crippen molar-refractivity contribution in [2.24, 2.45) is 0 Å². The number of aromatic nitrogens is 2. The van der Waals surface area contributed by atoms with Crippen molar-refractivity contribution >= 4 is 34.9 Å². The van der Waals surface area contributed by atoms with Crippen molar-refractivity contribution in [3.8, 4) is 0 Å². The summed E-state index contributed by atoms with van der Waals surface area (Å²) in [6, 6.07) is 6.20. The number of amides is 2. The lowest BCUT2D eigenvalue weighted by molar-refractivity contribution is -0.121. The number of carbonyl (C=O) groups is 2. The lowest BCUT2D eigenvalue weighted by Crippen LogP contribution is -2.43. The van der Waals surface area contributed by atoms with E-state index >= 15 is 0 Å². The molecule has 0 radical (unpaired) electrons. The topological polar surface area (TPSA) is 130 Å². The largest absolute Gasteiger partial charge is 0.383 e. The zero-order valence-electron chi connectivity index (χ0n) is 19.3. The Labute approximate surface area is 197 Å². The molecule has 0 saturated carbocycles. The molecule has 4 N–H and O–H groups in total. The van der Waals surface area contributed by atoms with Crippen molar-refractivity contribution < 1.29 is 9.59 Å². The number of nitrogen functional groups attached to an aromatic ring is 1. The van der Waals surface area contributed by atoms with E-state index in [0.29, 0.717) is 30.0 Å². The maximum atomic E-state index is 13.4. The predicted octanol–water partition coefficient (Wildman–Crippen LogP) is 2.97. The SMILES string of the molecule is CCCCN(C(=O)CC(NC(C)=O)c1ccc(Cl)cc1)c1c(N)n(CCCC)c(=O)[nH]c1=O. The Balaban J connectivity index is 2.47. The van der Waals surface area contributed by atoms with Crippen LogP contribution in [0.5, 0.6) is 0 Å². The Morgan fingerprint density at radius 1 is 1.15 bits per heavy atom. The average Bonchev–Trinajstić information content (AvgIpc) is 2.75. The monoisotopic (exact) mass is 477 g/mol. The third-order valence-electron chi connectivity index (χ3n) is 5.28. The standard InChI is InChI=1S/C23H32ClN5O4/c1-4-6-12-28(20-21(25)29(13-7-5-2)23(33)27-22(20)32)19(31)14-18(26-15(3)30)16-8-10-17(24)11-9-16/h8-11,18H,4-7,12-14,25H2,1-3H3,(H,26,30)(H,27,32,33). The van der Waals surface area contributed by atoms with Gasteiger partial charge in [0.2, 0.25) is 11.8 Å². The first-order chi connectivity index (χ1) is 15.7. The van der Waals surface area contributed by atoms with Crippen LogP contribution >= 0.6 is 11.6 Å². The minimum Gasteiger partial charge on any atom is -0.383 e. The number of benzene rings is 1. The minimum atomic E-state index is -0.711. The van der Waals surface area contributed by atoms with Crippen LogP contribution in [0.2, 0.25) is 5.02 Å². The number of unbranched alkanes of at least 4 members (excludes halogenated alkanes) is 2. The van der Waals surface area contributed by atoms with Crippen LogP contribution in [0, 0.1) is 0 Å². The second kappa shape index (κ2) is 12.2. The molecule has 1 atom stereocenters. The number of nitrogens with two attached hydrogens (primary N) is 1. The summed E-state index contributed by atoms with van der Waals surface area (Å²) in [7, 11) is 0. The van der Waals surface area contributed by atoms with Gasteiger partial charge >= 0.3 is 5.69 Å². The Hall–Kier alpha value is -3.07. The summed E-state index contributed by atoms with van der Waals surface area (Å²) in [6.45, 7) is 5.90. The fourth-order valence-corrected chi connectivity index (χ4v) is 3.66. The molecule has 10 heteroatoms. The quantitative estimate of drug-likeness (QED) is 0.458. The summed E-state index contributed by atoms with van der Waals surface area (Å²) in [4.78, 5) is 53.9.